The van der Waals surface area contributed by atoms with Crippen LogP contribution in [0.15, 0.2) is 35.6 Å². The summed E-state index contributed by atoms with van der Waals surface area (Å²) in [7, 11) is 1.59. The van der Waals surface area contributed by atoms with Crippen molar-refractivity contribution in [3.63, 3.8) is 0 Å². The molecule has 0 aliphatic carbocycles. The molecule has 10 heteroatoms. The highest BCUT2D eigenvalue weighted by molar-refractivity contribution is 7.98. The Kier molecular flexibility index (Phi) is 7.86. The van der Waals surface area contributed by atoms with E-state index < -0.39 is 0 Å². The predicted molar refractivity (Wildman–Crippen MR) is 117 cm³/mol. The Bertz CT molecular complexity index is 977. The van der Waals surface area contributed by atoms with Gasteiger partial charge in [-0.15, -0.1) is 0 Å². The van der Waals surface area contributed by atoms with E-state index in [1.165, 1.54) is 11.8 Å². The van der Waals surface area contributed by atoms with Gasteiger partial charge in [-0.1, -0.05) is 11.8 Å². The van der Waals surface area contributed by atoms with E-state index in [2.05, 4.69) is 25.7 Å². The number of carbonyl (C=O) groups excluding carboxylic acids is 1. The number of ether oxygens (including phenoxy) is 2. The quantitative estimate of drug-likeness (QED) is 0.272. The van der Waals surface area contributed by atoms with Crippen LogP contribution in [0.1, 0.15) is 17.3 Å². The van der Waals surface area contributed by atoms with Crippen LogP contribution in [0.3, 0.4) is 0 Å². The van der Waals surface area contributed by atoms with Crippen molar-refractivity contribution in [3.8, 4) is 5.75 Å². The first kappa shape index (κ1) is 21.8. The Morgan fingerprint density at radius 3 is 2.70 bits per heavy atom. The maximum atomic E-state index is 12.3. The molecule has 2 N–H and O–H groups in total. The number of anilines is 1. The van der Waals surface area contributed by atoms with Crippen LogP contribution < -0.4 is 15.4 Å². The Labute approximate surface area is 179 Å². The van der Waals surface area contributed by atoms with Crippen LogP contribution in [0.25, 0.3) is 11.0 Å². The topological polar surface area (TPSA) is 103 Å². The highest BCUT2D eigenvalue weighted by atomic mass is 32.2. The summed E-state index contributed by atoms with van der Waals surface area (Å²) >= 11 is 1.47. The second-order valence-corrected chi connectivity index (χ2v) is 7.05. The van der Waals surface area contributed by atoms with Gasteiger partial charge in [0.05, 0.1) is 31.8 Å². The molecule has 9 nitrogen and oxygen atoms in total. The first-order valence-corrected chi connectivity index (χ1v) is 10.9. The molecule has 0 unspecified atom stereocenters. The van der Waals surface area contributed by atoms with Gasteiger partial charge in [-0.2, -0.15) is 5.10 Å². The average Bonchev–Trinajstić information content (AvgIpc) is 3.19. The number of methoxy groups -OCH3 is 1. The van der Waals surface area contributed by atoms with Gasteiger partial charge in [-0.25, -0.2) is 14.6 Å². The van der Waals surface area contributed by atoms with E-state index in [9.17, 15) is 4.79 Å². The zero-order chi connectivity index (χ0) is 21.3. The van der Waals surface area contributed by atoms with E-state index in [4.69, 9.17) is 9.47 Å². The molecule has 0 saturated carbocycles. The van der Waals surface area contributed by atoms with Crippen LogP contribution >= 0.6 is 11.8 Å². The minimum absolute atomic E-state index is 0.146. The zero-order valence-electron chi connectivity index (χ0n) is 17.3. The molecule has 0 aliphatic rings. The Morgan fingerprint density at radius 2 is 2.00 bits per heavy atom. The van der Waals surface area contributed by atoms with Crippen LogP contribution in [0.5, 0.6) is 5.75 Å². The number of hydrogen-bond acceptors (Lipinski definition) is 8. The van der Waals surface area contributed by atoms with Crippen LogP contribution in [0.4, 0.5) is 5.82 Å². The number of carbonyl (C=O) groups is 1. The average molecular weight is 431 g/mol. The number of aromatic nitrogens is 4. The van der Waals surface area contributed by atoms with E-state index in [0.717, 1.165) is 16.9 Å². The number of nitrogens with zero attached hydrogens (tertiary/aromatic N) is 4. The van der Waals surface area contributed by atoms with Crippen LogP contribution in [-0.2, 0) is 11.3 Å². The molecular formula is C20H26N6O3S. The zero-order valence-corrected chi connectivity index (χ0v) is 18.2. The lowest BCUT2D eigenvalue weighted by atomic mass is 10.2. The van der Waals surface area contributed by atoms with E-state index in [0.29, 0.717) is 49.3 Å². The number of benzene rings is 1. The normalized spacial score (nSPS) is 10.9. The monoisotopic (exact) mass is 430 g/mol. The summed E-state index contributed by atoms with van der Waals surface area (Å²) in [5, 5.41) is 12.1. The van der Waals surface area contributed by atoms with Gasteiger partial charge in [0, 0.05) is 25.3 Å². The highest BCUT2D eigenvalue weighted by Crippen LogP contribution is 2.23. The number of hydrogen-bond donors (Lipinski definition) is 2. The molecule has 0 atom stereocenters. The first-order chi connectivity index (χ1) is 14.7. The predicted octanol–water partition coefficient (Wildman–Crippen LogP) is 2.44. The van der Waals surface area contributed by atoms with Crippen molar-refractivity contribution in [2.75, 3.05) is 45.0 Å². The first-order valence-electron chi connectivity index (χ1n) is 9.67. The van der Waals surface area contributed by atoms with Gasteiger partial charge in [-0.05, 0) is 37.4 Å². The van der Waals surface area contributed by atoms with Gasteiger partial charge in [-0.3, -0.25) is 4.79 Å². The molecule has 0 saturated heterocycles. The molecule has 30 heavy (non-hydrogen) atoms. The van der Waals surface area contributed by atoms with Gasteiger partial charge in [0.25, 0.3) is 5.91 Å². The van der Waals surface area contributed by atoms with Gasteiger partial charge >= 0.3 is 0 Å². The lowest BCUT2D eigenvalue weighted by molar-refractivity contribution is 0.0952. The molecule has 1 amide bonds. The molecule has 0 radical (unpaired) electrons. The van der Waals surface area contributed by atoms with Crippen LogP contribution in [-0.4, -0.2) is 65.3 Å². The fraction of sp³-hybridized carbons (Fsp3) is 0.400. The van der Waals surface area contributed by atoms with Crippen molar-refractivity contribution in [1.82, 2.24) is 25.1 Å². The Morgan fingerprint density at radius 1 is 1.20 bits per heavy atom. The van der Waals surface area contributed by atoms with Crippen molar-refractivity contribution >= 4 is 34.5 Å². The van der Waals surface area contributed by atoms with Crippen molar-refractivity contribution in [2.24, 2.45) is 0 Å². The molecule has 160 valence electrons. The third kappa shape index (κ3) is 5.39. The molecule has 0 aliphatic heterocycles. The minimum atomic E-state index is -0.146. The fourth-order valence-electron chi connectivity index (χ4n) is 2.83. The number of nitrogens with one attached hydrogen (secondary N) is 2. The lowest BCUT2D eigenvalue weighted by Gasteiger charge is -2.09. The molecule has 2 heterocycles. The summed E-state index contributed by atoms with van der Waals surface area (Å²) in [4.78, 5) is 21.5. The fourth-order valence-corrected chi connectivity index (χ4v) is 3.19. The van der Waals surface area contributed by atoms with Crippen molar-refractivity contribution in [1.29, 1.82) is 0 Å². The molecular weight excluding hydrogens is 404 g/mol. The number of thioether (sulfide) groups is 1. The summed E-state index contributed by atoms with van der Waals surface area (Å²) in [6.07, 6.45) is 3.68. The maximum absolute atomic E-state index is 12.3. The summed E-state index contributed by atoms with van der Waals surface area (Å²) < 4.78 is 12.3. The van der Waals surface area contributed by atoms with E-state index in [-0.39, 0.29) is 5.91 Å². The summed E-state index contributed by atoms with van der Waals surface area (Å²) in [5.41, 5.74) is 1.31. The standard InChI is InChI=1S/C20H26N6O3S/c1-4-29-12-10-21-17-16-13-23-26(18(16)25-20(24-17)30-3)11-9-22-19(27)14-5-7-15(28-2)8-6-14/h5-8,13H,4,9-12H2,1-3H3,(H,22,27)(H,21,24,25). The van der Waals surface area contributed by atoms with Gasteiger partial charge in [0.2, 0.25) is 0 Å². The van der Waals surface area contributed by atoms with Gasteiger partial charge in [0.1, 0.15) is 11.6 Å². The summed E-state index contributed by atoms with van der Waals surface area (Å²) in [5.74, 6) is 1.30. The van der Waals surface area contributed by atoms with Gasteiger partial charge < -0.3 is 20.1 Å². The van der Waals surface area contributed by atoms with Gasteiger partial charge in [0.15, 0.2) is 10.8 Å². The van der Waals surface area contributed by atoms with E-state index in [1.54, 1.807) is 42.3 Å². The largest absolute Gasteiger partial charge is 0.497 e. The number of rotatable bonds is 11. The Hall–Kier alpha value is -2.85. The van der Waals surface area contributed by atoms with Crippen LogP contribution in [0.2, 0.25) is 0 Å². The molecule has 0 bridgehead atoms. The van der Waals surface area contributed by atoms with Crippen molar-refractivity contribution < 1.29 is 14.3 Å². The molecule has 3 rings (SSSR count). The third-order valence-electron chi connectivity index (χ3n) is 4.36. The molecule has 0 spiro atoms. The lowest BCUT2D eigenvalue weighted by Crippen LogP contribution is -2.27. The number of fused-ring (bicyclic) bond motifs is 1. The molecule has 2 aromatic heterocycles. The van der Waals surface area contributed by atoms with E-state index in [1.807, 2.05) is 13.2 Å². The minimum Gasteiger partial charge on any atom is -0.497 e. The highest BCUT2D eigenvalue weighted by Gasteiger charge is 2.13. The maximum Gasteiger partial charge on any atom is 0.251 e. The third-order valence-corrected chi connectivity index (χ3v) is 4.91. The molecule has 1 aromatic carbocycles. The second kappa shape index (κ2) is 10.8. The Balaban J connectivity index is 1.66. The number of amides is 1. The molecule has 0 fully saturated rings. The van der Waals surface area contributed by atoms with Crippen molar-refractivity contribution in [3.05, 3.63) is 36.0 Å². The molecule has 3 aromatic rings. The smallest absolute Gasteiger partial charge is 0.251 e. The van der Waals surface area contributed by atoms with Crippen molar-refractivity contribution in [2.45, 2.75) is 18.6 Å². The SMILES string of the molecule is CCOCCNc1nc(SC)nc2c1cnn2CCNC(=O)c1ccc(OC)cc1. The van der Waals surface area contributed by atoms with Crippen LogP contribution in [0, 0.1) is 0 Å². The van der Waals surface area contributed by atoms with E-state index >= 15 is 0 Å². The second-order valence-electron chi connectivity index (χ2n) is 6.27. The summed E-state index contributed by atoms with van der Waals surface area (Å²) in [6, 6.07) is 6.99. The summed E-state index contributed by atoms with van der Waals surface area (Å²) in [6.45, 7) is 4.81.